The van der Waals surface area contributed by atoms with Crippen molar-refractivity contribution in [2.45, 2.75) is 53.2 Å². The second-order valence-electron chi connectivity index (χ2n) is 9.17. The number of hydrogen-bond donors (Lipinski definition) is 0. The number of benzene rings is 1. The molecule has 1 aromatic rings. The summed E-state index contributed by atoms with van der Waals surface area (Å²) in [6.07, 6.45) is 3.84. The minimum absolute atomic E-state index is 0.287. The lowest BCUT2D eigenvalue weighted by Gasteiger charge is -2.37. The highest BCUT2D eigenvalue weighted by atomic mass is 19.1. The van der Waals surface area contributed by atoms with Crippen molar-refractivity contribution in [1.82, 2.24) is 9.80 Å². The zero-order valence-electron chi connectivity index (χ0n) is 20.5. The van der Waals surface area contributed by atoms with Gasteiger partial charge in [0.2, 0.25) is 6.10 Å². The molecule has 6 nitrogen and oxygen atoms in total. The van der Waals surface area contributed by atoms with E-state index in [4.69, 9.17) is 9.47 Å². The molecule has 0 bridgehead atoms. The summed E-state index contributed by atoms with van der Waals surface area (Å²) in [5.41, 5.74) is 1.17. The second kappa shape index (κ2) is 11.2. The third-order valence-electron chi connectivity index (χ3n) is 5.04. The molecule has 1 unspecified atom stereocenters. The molecule has 2 rings (SSSR count). The summed E-state index contributed by atoms with van der Waals surface area (Å²) in [5, 5.41) is 0. The summed E-state index contributed by atoms with van der Waals surface area (Å²) >= 11 is 0. The van der Waals surface area contributed by atoms with Gasteiger partial charge in [0.15, 0.2) is 0 Å². The van der Waals surface area contributed by atoms with Crippen LogP contribution in [0.25, 0.3) is 0 Å². The molecule has 1 fully saturated rings. The first kappa shape index (κ1) is 26.2. The van der Waals surface area contributed by atoms with E-state index >= 15 is 0 Å². The smallest absolute Gasteiger partial charge is 0.410 e. The Morgan fingerprint density at radius 1 is 1.12 bits per heavy atom. The van der Waals surface area contributed by atoms with Crippen LogP contribution >= 0.6 is 0 Å². The van der Waals surface area contributed by atoms with Crippen LogP contribution in [0.3, 0.4) is 0 Å². The van der Waals surface area contributed by atoms with Gasteiger partial charge in [-0.25, -0.2) is 9.18 Å². The van der Waals surface area contributed by atoms with Crippen molar-refractivity contribution in [1.29, 1.82) is 0 Å². The van der Waals surface area contributed by atoms with E-state index in [0.29, 0.717) is 43.1 Å². The number of allylic oxidation sites excluding steroid dienone is 4. The molecule has 2 amide bonds. The number of ether oxygens (including phenoxy) is 2. The van der Waals surface area contributed by atoms with Crippen LogP contribution in [0.5, 0.6) is 0 Å². The molecule has 1 aliphatic heterocycles. The van der Waals surface area contributed by atoms with Crippen molar-refractivity contribution < 1.29 is 23.5 Å². The Morgan fingerprint density at radius 2 is 1.73 bits per heavy atom. The van der Waals surface area contributed by atoms with E-state index in [0.717, 1.165) is 5.57 Å². The molecule has 33 heavy (non-hydrogen) atoms. The van der Waals surface area contributed by atoms with E-state index < -0.39 is 23.6 Å². The maximum atomic E-state index is 14.3. The topological polar surface area (TPSA) is 59.1 Å². The molecule has 0 aliphatic carbocycles. The van der Waals surface area contributed by atoms with Crippen molar-refractivity contribution in [3.63, 3.8) is 0 Å². The highest BCUT2D eigenvalue weighted by Gasteiger charge is 2.33. The predicted molar refractivity (Wildman–Crippen MR) is 127 cm³/mol. The Balaban J connectivity index is 2.21. The van der Waals surface area contributed by atoms with E-state index in [2.05, 4.69) is 6.58 Å². The molecular formula is C26H35FN2O4. The summed E-state index contributed by atoms with van der Waals surface area (Å²) in [6, 6.07) is 4.67. The van der Waals surface area contributed by atoms with Crippen LogP contribution in [0.4, 0.5) is 9.18 Å². The summed E-state index contributed by atoms with van der Waals surface area (Å²) in [6.45, 7) is 16.0. The van der Waals surface area contributed by atoms with Crippen LogP contribution in [0.1, 0.15) is 51.8 Å². The monoisotopic (exact) mass is 458 g/mol. The lowest BCUT2D eigenvalue weighted by molar-refractivity contribution is -0.143. The largest absolute Gasteiger partial charge is 0.476 e. The first-order chi connectivity index (χ1) is 15.4. The molecule has 0 spiro atoms. The van der Waals surface area contributed by atoms with Crippen LogP contribution in [-0.2, 0) is 14.3 Å². The van der Waals surface area contributed by atoms with Crippen LogP contribution < -0.4 is 0 Å². The van der Waals surface area contributed by atoms with Gasteiger partial charge < -0.3 is 19.3 Å². The van der Waals surface area contributed by atoms with Crippen molar-refractivity contribution >= 4 is 12.0 Å². The van der Waals surface area contributed by atoms with E-state index in [9.17, 15) is 14.0 Å². The standard InChI is InChI=1S/C26H35FN2O4/c1-8-21(12-9-18(2)3)32-23(20-11-10-19(4)22(27)17-20)24(30)28-13-15-29(16-14-28)25(31)33-26(5,6)7/h8-12,17,23H,2,13-16H2,1,3-7H3/b12-9-,21-8+. The number of carbonyl (C=O) groups excluding carboxylic acids is 2. The van der Waals surface area contributed by atoms with Gasteiger partial charge in [0.25, 0.3) is 5.91 Å². The third-order valence-corrected chi connectivity index (χ3v) is 5.04. The van der Waals surface area contributed by atoms with Gasteiger partial charge >= 0.3 is 6.09 Å². The minimum atomic E-state index is -1.02. The Morgan fingerprint density at radius 3 is 2.24 bits per heavy atom. The van der Waals surface area contributed by atoms with Gasteiger partial charge in [0.1, 0.15) is 17.2 Å². The van der Waals surface area contributed by atoms with Crippen LogP contribution in [0.15, 0.2) is 54.3 Å². The average molecular weight is 459 g/mol. The lowest BCUT2D eigenvalue weighted by Crippen LogP contribution is -2.52. The van der Waals surface area contributed by atoms with Crippen LogP contribution in [0, 0.1) is 12.7 Å². The molecule has 180 valence electrons. The second-order valence-corrected chi connectivity index (χ2v) is 9.17. The number of piperazine rings is 1. The summed E-state index contributed by atoms with van der Waals surface area (Å²) in [4.78, 5) is 29.0. The number of carbonyl (C=O) groups is 2. The molecular weight excluding hydrogens is 423 g/mol. The van der Waals surface area contributed by atoms with Gasteiger partial charge in [-0.15, -0.1) is 0 Å². The van der Waals surface area contributed by atoms with E-state index in [-0.39, 0.29) is 5.91 Å². The molecule has 1 aromatic carbocycles. The van der Waals surface area contributed by atoms with Crippen molar-refractivity contribution in [2.24, 2.45) is 0 Å². The van der Waals surface area contributed by atoms with Gasteiger partial charge in [-0.05, 0) is 65.3 Å². The molecule has 7 heteroatoms. The fourth-order valence-corrected chi connectivity index (χ4v) is 3.20. The Kier molecular flexibility index (Phi) is 8.85. The van der Waals surface area contributed by atoms with Gasteiger partial charge in [-0.3, -0.25) is 4.79 Å². The Bertz CT molecular complexity index is 938. The average Bonchev–Trinajstić information content (AvgIpc) is 2.74. The fraction of sp³-hybridized carbons (Fsp3) is 0.462. The normalized spacial score (nSPS) is 16.0. The Labute approximate surface area is 196 Å². The summed E-state index contributed by atoms with van der Waals surface area (Å²) in [5.74, 6) is -0.210. The van der Waals surface area contributed by atoms with Crippen LogP contribution in [-0.4, -0.2) is 53.6 Å². The molecule has 1 heterocycles. The first-order valence-corrected chi connectivity index (χ1v) is 11.1. The molecule has 0 saturated carbocycles. The van der Waals surface area contributed by atoms with Crippen molar-refractivity contribution in [3.05, 3.63) is 71.3 Å². The number of rotatable bonds is 6. The van der Waals surface area contributed by atoms with Gasteiger partial charge in [0, 0.05) is 31.7 Å². The molecule has 0 N–H and O–H groups in total. The van der Waals surface area contributed by atoms with E-state index in [1.54, 1.807) is 54.0 Å². The maximum Gasteiger partial charge on any atom is 0.410 e. The highest BCUT2D eigenvalue weighted by Crippen LogP contribution is 2.26. The zero-order valence-corrected chi connectivity index (χ0v) is 20.5. The van der Waals surface area contributed by atoms with Crippen molar-refractivity contribution in [2.75, 3.05) is 26.2 Å². The molecule has 1 aliphatic rings. The number of halogens is 1. The number of aryl methyl sites for hydroxylation is 1. The van der Waals surface area contributed by atoms with Gasteiger partial charge in [0.05, 0.1) is 0 Å². The number of hydrogen-bond acceptors (Lipinski definition) is 4. The molecule has 0 aromatic heterocycles. The van der Waals surface area contributed by atoms with Crippen LogP contribution in [0.2, 0.25) is 0 Å². The lowest BCUT2D eigenvalue weighted by atomic mass is 10.0. The molecule has 0 radical (unpaired) electrons. The van der Waals surface area contributed by atoms with Gasteiger partial charge in [-0.1, -0.05) is 30.4 Å². The van der Waals surface area contributed by atoms with E-state index in [1.165, 1.54) is 6.07 Å². The minimum Gasteiger partial charge on any atom is -0.476 e. The zero-order chi connectivity index (χ0) is 24.8. The summed E-state index contributed by atoms with van der Waals surface area (Å²) in [7, 11) is 0. The SMILES string of the molecule is C=C(C)/C=C\C(=C/C)OC(C(=O)N1CCN(C(=O)OC(C)(C)C)CC1)c1ccc(C)c(F)c1. The quantitative estimate of drug-likeness (QED) is 0.428. The molecule has 1 atom stereocenters. The van der Waals surface area contributed by atoms with Crippen molar-refractivity contribution in [3.8, 4) is 0 Å². The maximum absolute atomic E-state index is 14.3. The van der Waals surface area contributed by atoms with Gasteiger partial charge in [-0.2, -0.15) is 0 Å². The first-order valence-electron chi connectivity index (χ1n) is 11.1. The third kappa shape index (κ3) is 7.77. The number of nitrogens with zero attached hydrogens (tertiary/aromatic N) is 2. The highest BCUT2D eigenvalue weighted by molar-refractivity contribution is 5.83. The summed E-state index contributed by atoms with van der Waals surface area (Å²) < 4.78 is 25.8. The predicted octanol–water partition coefficient (Wildman–Crippen LogP) is 5.31. The number of amides is 2. The Hall–Kier alpha value is -3.09. The fourth-order valence-electron chi connectivity index (χ4n) is 3.20. The van der Waals surface area contributed by atoms with E-state index in [1.807, 2.05) is 27.7 Å². The molecule has 1 saturated heterocycles.